The lowest BCUT2D eigenvalue weighted by Crippen LogP contribution is -2.49. The van der Waals surface area contributed by atoms with E-state index in [1.807, 2.05) is 5.01 Å². The molecule has 3 aliphatic rings. The maximum absolute atomic E-state index is 12.1. The Hall–Kier alpha value is -0.610. The molecule has 3 fully saturated rings. The van der Waals surface area contributed by atoms with Crippen LogP contribution in [0.25, 0.3) is 0 Å². The van der Waals surface area contributed by atoms with Crippen molar-refractivity contribution in [2.24, 2.45) is 5.92 Å². The highest BCUT2D eigenvalue weighted by Crippen LogP contribution is 2.37. The van der Waals surface area contributed by atoms with Gasteiger partial charge in [-0.05, 0) is 31.7 Å². The molecule has 4 nitrogen and oxygen atoms in total. The summed E-state index contributed by atoms with van der Waals surface area (Å²) in [5, 5.41) is 7.61. The van der Waals surface area contributed by atoms with Crippen molar-refractivity contribution in [1.29, 1.82) is 0 Å². The molecule has 0 spiro atoms. The summed E-state index contributed by atoms with van der Waals surface area (Å²) in [6.07, 6.45) is 5.84. The highest BCUT2D eigenvalue weighted by molar-refractivity contribution is 5.78. The topological polar surface area (TPSA) is 35.6 Å². The fourth-order valence-electron chi connectivity index (χ4n) is 3.35. The Balaban J connectivity index is 1.71. The number of nitrogens with zero attached hydrogens (tertiary/aromatic N) is 2. The van der Waals surface area contributed by atoms with Gasteiger partial charge >= 0.3 is 0 Å². The Bertz CT molecular complexity index is 284. The van der Waals surface area contributed by atoms with Crippen molar-refractivity contribution in [2.45, 2.75) is 44.2 Å². The molecule has 16 heavy (non-hydrogen) atoms. The predicted octanol–water partition coefficient (Wildman–Crippen LogP) is 0.596. The number of nitrogens with one attached hydrogen (secondary N) is 1. The first-order valence-electron chi connectivity index (χ1n) is 6.53. The van der Waals surface area contributed by atoms with Gasteiger partial charge in [-0.1, -0.05) is 6.42 Å². The number of rotatable bonds is 2. The average Bonchev–Trinajstić information content (AvgIpc) is 2.74. The Morgan fingerprint density at radius 3 is 2.69 bits per heavy atom. The molecule has 2 saturated heterocycles. The van der Waals surface area contributed by atoms with E-state index in [1.165, 1.54) is 19.3 Å². The van der Waals surface area contributed by atoms with Gasteiger partial charge in [-0.3, -0.25) is 9.80 Å². The summed E-state index contributed by atoms with van der Waals surface area (Å²) in [5.74, 6) is 1.11. The highest BCUT2D eigenvalue weighted by atomic mass is 16.2. The summed E-state index contributed by atoms with van der Waals surface area (Å²) in [5.41, 5.74) is 0. The second-order valence-corrected chi connectivity index (χ2v) is 5.42. The fourth-order valence-corrected chi connectivity index (χ4v) is 3.35. The third-order valence-electron chi connectivity index (χ3n) is 4.53. The number of amides is 1. The minimum Gasteiger partial charge on any atom is -0.315 e. The van der Waals surface area contributed by atoms with Crippen LogP contribution in [0, 0.1) is 5.92 Å². The second-order valence-electron chi connectivity index (χ2n) is 5.42. The van der Waals surface area contributed by atoms with Crippen LogP contribution in [-0.4, -0.2) is 48.1 Å². The number of carbonyl (C=O) groups excluding carboxylic acids is 1. The number of carbonyl (C=O) groups is 1. The third kappa shape index (κ3) is 1.55. The van der Waals surface area contributed by atoms with E-state index in [0.717, 1.165) is 31.8 Å². The zero-order chi connectivity index (χ0) is 11.1. The first kappa shape index (κ1) is 10.5. The molecule has 1 aliphatic carbocycles. The first-order valence-corrected chi connectivity index (χ1v) is 6.53. The maximum Gasteiger partial charge on any atom is 0.238 e. The Morgan fingerprint density at radius 2 is 2.12 bits per heavy atom. The van der Waals surface area contributed by atoms with Crippen LogP contribution in [-0.2, 0) is 4.79 Å². The van der Waals surface area contributed by atoms with E-state index in [9.17, 15) is 4.79 Å². The molecule has 2 unspecified atom stereocenters. The van der Waals surface area contributed by atoms with Gasteiger partial charge in [0.15, 0.2) is 0 Å². The molecule has 90 valence electrons. The van der Waals surface area contributed by atoms with Gasteiger partial charge in [0.2, 0.25) is 5.91 Å². The van der Waals surface area contributed by atoms with Crippen LogP contribution in [0.2, 0.25) is 0 Å². The van der Waals surface area contributed by atoms with Gasteiger partial charge in [-0.2, -0.15) is 0 Å². The Kier molecular flexibility index (Phi) is 2.64. The van der Waals surface area contributed by atoms with Crippen molar-refractivity contribution < 1.29 is 4.79 Å². The quantitative estimate of drug-likeness (QED) is 0.744. The standard InChI is InChI=1S/C12H21N3O/c1-14-11(9-3-2-4-9)7-12(16)15(14)10-5-6-13-8-10/h9-11,13H,2-8H2,1H3. The van der Waals surface area contributed by atoms with Crippen LogP contribution in [0.4, 0.5) is 0 Å². The van der Waals surface area contributed by atoms with Crippen LogP contribution in [0.15, 0.2) is 0 Å². The molecular weight excluding hydrogens is 202 g/mol. The Labute approximate surface area is 96.9 Å². The number of hydrogen-bond donors (Lipinski definition) is 1. The van der Waals surface area contributed by atoms with Gasteiger partial charge < -0.3 is 5.32 Å². The van der Waals surface area contributed by atoms with E-state index >= 15 is 0 Å². The molecular formula is C12H21N3O. The summed E-state index contributed by atoms with van der Waals surface area (Å²) in [7, 11) is 2.10. The molecule has 0 aromatic rings. The van der Waals surface area contributed by atoms with Gasteiger partial charge in [0.1, 0.15) is 0 Å². The van der Waals surface area contributed by atoms with E-state index in [1.54, 1.807) is 0 Å². The van der Waals surface area contributed by atoms with E-state index in [0.29, 0.717) is 18.0 Å². The summed E-state index contributed by atoms with van der Waals surface area (Å²) in [4.78, 5) is 12.1. The lowest BCUT2D eigenvalue weighted by Gasteiger charge is -2.38. The number of hydrazine groups is 1. The lowest BCUT2D eigenvalue weighted by atomic mass is 9.79. The molecule has 0 bridgehead atoms. The van der Waals surface area contributed by atoms with Crippen molar-refractivity contribution >= 4 is 5.91 Å². The maximum atomic E-state index is 12.1. The first-order chi connectivity index (χ1) is 7.77. The predicted molar refractivity (Wildman–Crippen MR) is 61.6 cm³/mol. The van der Waals surface area contributed by atoms with E-state index < -0.39 is 0 Å². The minimum absolute atomic E-state index is 0.341. The van der Waals surface area contributed by atoms with Gasteiger partial charge in [0.25, 0.3) is 0 Å². The van der Waals surface area contributed by atoms with Crippen LogP contribution < -0.4 is 5.32 Å². The average molecular weight is 223 g/mol. The molecule has 0 aromatic heterocycles. The van der Waals surface area contributed by atoms with Crippen molar-refractivity contribution in [3.63, 3.8) is 0 Å². The van der Waals surface area contributed by atoms with Crippen LogP contribution >= 0.6 is 0 Å². The van der Waals surface area contributed by atoms with Crippen LogP contribution in [0.3, 0.4) is 0 Å². The minimum atomic E-state index is 0.341. The SMILES string of the molecule is CN1C(C2CCC2)CC(=O)N1C1CCNC1. The number of hydrogen-bond acceptors (Lipinski definition) is 3. The summed E-state index contributed by atoms with van der Waals surface area (Å²) >= 11 is 0. The fraction of sp³-hybridized carbons (Fsp3) is 0.917. The van der Waals surface area contributed by atoms with Gasteiger partial charge in [-0.25, -0.2) is 5.01 Å². The normalized spacial score (nSPS) is 37.1. The van der Waals surface area contributed by atoms with Crippen LogP contribution in [0.5, 0.6) is 0 Å². The molecule has 1 N–H and O–H groups in total. The molecule has 4 heteroatoms. The van der Waals surface area contributed by atoms with Gasteiger partial charge in [0, 0.05) is 26.1 Å². The van der Waals surface area contributed by atoms with Crippen molar-refractivity contribution in [3.8, 4) is 0 Å². The smallest absolute Gasteiger partial charge is 0.238 e. The molecule has 1 saturated carbocycles. The van der Waals surface area contributed by atoms with Crippen molar-refractivity contribution in [1.82, 2.24) is 15.3 Å². The van der Waals surface area contributed by atoms with E-state index in [2.05, 4.69) is 17.4 Å². The molecule has 2 heterocycles. The monoisotopic (exact) mass is 223 g/mol. The second kappa shape index (κ2) is 4.00. The van der Waals surface area contributed by atoms with Crippen molar-refractivity contribution in [3.05, 3.63) is 0 Å². The zero-order valence-electron chi connectivity index (χ0n) is 9.98. The zero-order valence-corrected chi connectivity index (χ0v) is 9.98. The van der Waals surface area contributed by atoms with Gasteiger partial charge in [0.05, 0.1) is 6.04 Å². The van der Waals surface area contributed by atoms with E-state index in [4.69, 9.17) is 0 Å². The molecule has 1 amide bonds. The lowest BCUT2D eigenvalue weighted by molar-refractivity contribution is -0.142. The summed E-state index contributed by atoms with van der Waals surface area (Å²) in [6, 6.07) is 0.893. The largest absolute Gasteiger partial charge is 0.315 e. The Morgan fingerprint density at radius 1 is 1.31 bits per heavy atom. The molecule has 2 atom stereocenters. The van der Waals surface area contributed by atoms with Crippen molar-refractivity contribution in [2.75, 3.05) is 20.1 Å². The molecule has 2 aliphatic heterocycles. The third-order valence-corrected chi connectivity index (χ3v) is 4.53. The highest BCUT2D eigenvalue weighted by Gasteiger charge is 2.44. The van der Waals surface area contributed by atoms with E-state index in [-0.39, 0.29) is 0 Å². The van der Waals surface area contributed by atoms with Crippen LogP contribution in [0.1, 0.15) is 32.1 Å². The molecule has 0 aromatic carbocycles. The molecule has 3 rings (SSSR count). The summed E-state index contributed by atoms with van der Waals surface area (Å²) in [6.45, 7) is 2.02. The molecule has 0 radical (unpaired) electrons. The summed E-state index contributed by atoms with van der Waals surface area (Å²) < 4.78 is 0. The van der Waals surface area contributed by atoms with Gasteiger partial charge in [-0.15, -0.1) is 0 Å².